The molecule has 0 heterocycles. The van der Waals surface area contributed by atoms with Crippen molar-refractivity contribution in [3.8, 4) is 0 Å². The smallest absolute Gasteiger partial charge is 0.114 e. The molecule has 0 saturated heterocycles. The molecule has 0 bridgehead atoms. The average Bonchev–Trinajstić information content (AvgIpc) is 2.87. The molecule has 0 saturated carbocycles. The number of rotatable bonds is 8. The summed E-state index contributed by atoms with van der Waals surface area (Å²) >= 11 is 0. The lowest BCUT2D eigenvalue weighted by atomic mass is 10.2. The fourth-order valence-corrected chi connectivity index (χ4v) is 8.66. The van der Waals surface area contributed by atoms with Crippen molar-refractivity contribution in [1.29, 1.82) is 0 Å². The van der Waals surface area contributed by atoms with Crippen LogP contribution in [0.25, 0.3) is 0 Å². The number of hydrogen-bond acceptors (Lipinski definition) is 4. The summed E-state index contributed by atoms with van der Waals surface area (Å²) in [6.45, 7) is 0.756. The van der Waals surface area contributed by atoms with Crippen molar-refractivity contribution in [2.24, 2.45) is 0 Å². The van der Waals surface area contributed by atoms with E-state index in [4.69, 9.17) is 4.74 Å². The molecule has 0 unspecified atom stereocenters. The van der Waals surface area contributed by atoms with Gasteiger partial charge in [0.25, 0.3) is 0 Å². The lowest BCUT2D eigenvalue weighted by Crippen LogP contribution is -2.34. The van der Waals surface area contributed by atoms with E-state index in [9.17, 15) is 13.0 Å². The van der Waals surface area contributed by atoms with Crippen molar-refractivity contribution >= 4 is 33.3 Å². The van der Waals surface area contributed by atoms with Crippen molar-refractivity contribution in [3.05, 3.63) is 127 Å². The third-order valence-electron chi connectivity index (χ3n) is 5.41. The molecular weight excluding hydrogens is 463 g/mol. The van der Waals surface area contributed by atoms with Crippen molar-refractivity contribution in [3.63, 3.8) is 0 Å². The van der Waals surface area contributed by atoms with Crippen LogP contribution in [0.5, 0.6) is 0 Å². The fourth-order valence-electron chi connectivity index (χ4n) is 3.89. The second-order valence-electron chi connectivity index (χ2n) is 7.72. The van der Waals surface area contributed by atoms with Crippen LogP contribution in [0, 0.1) is 0 Å². The second kappa shape index (κ2) is 12.6. The summed E-state index contributed by atoms with van der Waals surface area (Å²) in [6.07, 6.45) is 1.02. The van der Waals surface area contributed by atoms with E-state index in [0.717, 1.165) is 12.8 Å². The third-order valence-corrected chi connectivity index (χ3v) is 10.5. The average molecular weight is 493 g/mol. The van der Waals surface area contributed by atoms with Crippen LogP contribution in [-0.4, -0.2) is 32.8 Å². The predicted molar refractivity (Wildman–Crippen MR) is 142 cm³/mol. The number of methoxy groups -OCH3 is 1. The van der Waals surface area contributed by atoms with E-state index in [2.05, 4.69) is 91.0 Å². The number of hydrogen-bond donors (Lipinski definition) is 0. The molecule has 0 atom stereocenters. The zero-order valence-electron chi connectivity index (χ0n) is 19.2. The van der Waals surface area contributed by atoms with Gasteiger partial charge in [0.2, 0.25) is 0 Å². The Morgan fingerprint density at radius 3 is 1.32 bits per heavy atom. The first-order chi connectivity index (χ1) is 16.5. The topological polar surface area (TPSA) is 66.4 Å². The van der Waals surface area contributed by atoms with Crippen LogP contribution in [0.4, 0.5) is 0 Å². The molecule has 0 aromatic heterocycles. The minimum absolute atomic E-state index is 0.423. The van der Waals surface area contributed by atoms with Gasteiger partial charge in [0.1, 0.15) is 23.2 Å². The monoisotopic (exact) mass is 492 g/mol. The van der Waals surface area contributed by atoms with E-state index >= 15 is 0 Å². The van der Waals surface area contributed by atoms with Crippen LogP contribution in [0.1, 0.15) is 5.56 Å². The van der Waals surface area contributed by atoms with Gasteiger partial charge >= 0.3 is 0 Å². The summed E-state index contributed by atoms with van der Waals surface area (Å²) in [6, 6.07) is 41.1. The molecule has 0 aliphatic rings. The maximum absolute atomic E-state index is 10.2. The molecule has 4 aromatic rings. The SMILES string of the molecule is COCC[P+](c1ccccc1)(c1ccccc1)c1ccccc1.O=S(=O)([O-])Cc1ccccc1. The normalized spacial score (nSPS) is 11.4. The predicted octanol–water partition coefficient (Wildman–Crippen LogP) is 4.36. The Morgan fingerprint density at radius 1 is 0.647 bits per heavy atom. The van der Waals surface area contributed by atoms with Gasteiger partial charge in [-0.25, -0.2) is 8.42 Å². The summed E-state index contributed by atoms with van der Waals surface area (Å²) in [5, 5.41) is 4.23. The van der Waals surface area contributed by atoms with Crippen molar-refractivity contribution in [2.75, 3.05) is 19.9 Å². The molecule has 0 radical (unpaired) electrons. The zero-order chi connectivity index (χ0) is 24.3. The van der Waals surface area contributed by atoms with E-state index < -0.39 is 23.1 Å². The van der Waals surface area contributed by atoms with Crippen LogP contribution < -0.4 is 15.9 Å². The molecule has 4 aromatic carbocycles. The van der Waals surface area contributed by atoms with Crippen LogP contribution >= 0.6 is 7.26 Å². The molecule has 4 nitrogen and oxygen atoms in total. The van der Waals surface area contributed by atoms with Crippen LogP contribution in [0.2, 0.25) is 0 Å². The minimum atomic E-state index is -4.13. The molecule has 0 aliphatic carbocycles. The Balaban J connectivity index is 0.000000248. The van der Waals surface area contributed by atoms with E-state index in [0.29, 0.717) is 5.56 Å². The van der Waals surface area contributed by atoms with Crippen molar-refractivity contribution in [1.82, 2.24) is 0 Å². The lowest BCUT2D eigenvalue weighted by molar-refractivity contribution is 0.218. The molecule has 34 heavy (non-hydrogen) atoms. The highest BCUT2D eigenvalue weighted by Crippen LogP contribution is 2.54. The molecule has 0 amide bonds. The molecule has 176 valence electrons. The first-order valence-corrected chi connectivity index (χ1v) is 14.5. The van der Waals surface area contributed by atoms with E-state index in [1.807, 2.05) is 0 Å². The Morgan fingerprint density at radius 2 is 1.00 bits per heavy atom. The molecule has 0 N–H and O–H groups in total. The molecule has 0 spiro atoms. The second-order valence-corrected chi connectivity index (χ2v) is 12.7. The van der Waals surface area contributed by atoms with Gasteiger partial charge in [-0.2, -0.15) is 0 Å². The Hall–Kier alpha value is -2.82. The Bertz CT molecular complexity index is 1120. The first kappa shape index (κ1) is 25.8. The van der Waals surface area contributed by atoms with Crippen LogP contribution in [0.15, 0.2) is 121 Å². The highest BCUT2D eigenvalue weighted by Gasteiger charge is 2.44. The molecular formula is C28H29O4PS. The van der Waals surface area contributed by atoms with Gasteiger partial charge in [0.05, 0.1) is 28.6 Å². The summed E-state index contributed by atoms with van der Waals surface area (Å²) in [4.78, 5) is 0. The van der Waals surface area contributed by atoms with Crippen molar-refractivity contribution < 1.29 is 17.7 Å². The maximum atomic E-state index is 10.2. The number of ether oxygens (including phenoxy) is 1. The van der Waals surface area contributed by atoms with Gasteiger partial charge in [-0.05, 0) is 42.0 Å². The quantitative estimate of drug-likeness (QED) is 0.271. The summed E-state index contributed by atoms with van der Waals surface area (Å²) in [5.41, 5.74) is 0.530. The van der Waals surface area contributed by atoms with Gasteiger partial charge in [-0.3, -0.25) is 0 Å². The van der Waals surface area contributed by atoms with Gasteiger partial charge < -0.3 is 9.29 Å². The minimum Gasteiger partial charge on any atom is -0.748 e. The van der Waals surface area contributed by atoms with Crippen LogP contribution in [0.3, 0.4) is 0 Å². The van der Waals surface area contributed by atoms with Crippen LogP contribution in [-0.2, 0) is 20.6 Å². The fraction of sp³-hybridized carbons (Fsp3) is 0.143. The van der Waals surface area contributed by atoms with Gasteiger partial charge in [-0.1, -0.05) is 84.9 Å². The molecule has 4 rings (SSSR count). The standard InChI is InChI=1S/C21H22OP.C7H8O3S/c1-22-17-18-23(19-11-5-2-6-12-19,20-13-7-3-8-14-20)21-15-9-4-10-16-21;8-11(9,10)6-7-4-2-1-3-5-7/h2-16H,17-18H2,1H3;1-5H,6H2,(H,8,9,10)/q+1;/p-1. The Kier molecular flexibility index (Phi) is 9.55. The largest absolute Gasteiger partial charge is 0.748 e. The van der Waals surface area contributed by atoms with Gasteiger partial charge in [0, 0.05) is 7.11 Å². The summed E-state index contributed by atoms with van der Waals surface area (Å²) in [7, 11) is -4.03. The highest BCUT2D eigenvalue weighted by atomic mass is 32.2. The van der Waals surface area contributed by atoms with E-state index in [1.54, 1.807) is 37.4 Å². The highest BCUT2D eigenvalue weighted by molar-refractivity contribution is 7.95. The summed E-state index contributed by atoms with van der Waals surface area (Å²) < 4.78 is 36.2. The first-order valence-electron chi connectivity index (χ1n) is 11.0. The maximum Gasteiger partial charge on any atom is 0.114 e. The summed E-state index contributed by atoms with van der Waals surface area (Å²) in [5.74, 6) is -0.423. The number of benzene rings is 4. The van der Waals surface area contributed by atoms with E-state index in [-0.39, 0.29) is 0 Å². The third kappa shape index (κ3) is 7.09. The molecule has 0 fully saturated rings. The lowest BCUT2D eigenvalue weighted by Gasteiger charge is -2.27. The van der Waals surface area contributed by atoms with Crippen molar-refractivity contribution in [2.45, 2.75) is 5.75 Å². The van der Waals surface area contributed by atoms with Gasteiger partial charge in [0.15, 0.2) is 0 Å². The zero-order valence-corrected chi connectivity index (χ0v) is 20.9. The molecule has 0 aliphatic heterocycles. The van der Waals surface area contributed by atoms with E-state index in [1.165, 1.54) is 15.9 Å². The van der Waals surface area contributed by atoms with Gasteiger partial charge in [-0.15, -0.1) is 0 Å². The molecule has 6 heteroatoms. The Labute approximate surface area is 203 Å².